The summed E-state index contributed by atoms with van der Waals surface area (Å²) < 4.78 is 102. The van der Waals surface area contributed by atoms with E-state index in [1.54, 1.807) is 0 Å². The number of aromatic nitrogens is 1. The van der Waals surface area contributed by atoms with Crippen LogP contribution in [-0.2, 0) is 0 Å². The van der Waals surface area contributed by atoms with Crippen LogP contribution in [0.2, 0.25) is 0 Å². The van der Waals surface area contributed by atoms with Gasteiger partial charge in [-0.1, -0.05) is 6.04 Å². The summed E-state index contributed by atoms with van der Waals surface area (Å²) >= 11 is 2.82. The minimum atomic E-state index is -3.51. The predicted molar refractivity (Wildman–Crippen MR) is 56.5 cm³/mol. The molecule has 0 saturated carbocycles. The van der Waals surface area contributed by atoms with Crippen LogP contribution < -0.4 is 0 Å². The number of likely N-dealkylation sites (tertiary alicyclic amines) is 1. The van der Waals surface area contributed by atoms with Crippen LogP contribution in [0.25, 0.3) is 0 Å². The average molecular weight is 254 g/mol. The summed E-state index contributed by atoms with van der Waals surface area (Å²) in [5.41, 5.74) is -1.00. The number of hydrogen-bond donors (Lipinski definition) is 0. The minimum Gasteiger partial charge on any atom is -0.299 e. The van der Waals surface area contributed by atoms with E-state index in [4.69, 9.17) is 17.8 Å². The highest BCUT2D eigenvalue weighted by Gasteiger charge is 2.22. The van der Waals surface area contributed by atoms with Crippen LogP contribution in [0.15, 0.2) is 22.9 Å². The Morgan fingerprint density at radius 2 is 2.85 bits per heavy atom. The maximum Gasteiger partial charge on any atom is 0.106 e. The van der Waals surface area contributed by atoms with Crippen molar-refractivity contribution in [1.82, 2.24) is 9.88 Å². The maximum atomic E-state index is 8.53. The van der Waals surface area contributed by atoms with Gasteiger partial charge in [-0.2, -0.15) is 0 Å². The van der Waals surface area contributed by atoms with Crippen molar-refractivity contribution < 1.29 is 17.8 Å². The molecule has 0 amide bonds. The first-order chi connectivity index (χ1) is 11.4. The monoisotopic (exact) mass is 253 g/mol. The third-order valence-electron chi connectivity index (χ3n) is 1.37. The van der Waals surface area contributed by atoms with Crippen LogP contribution in [0.3, 0.4) is 0 Å². The van der Waals surface area contributed by atoms with Crippen molar-refractivity contribution in [3.8, 4) is 0 Å². The predicted octanol–water partition coefficient (Wildman–Crippen LogP) is 2.61. The lowest BCUT2D eigenvalue weighted by molar-refractivity contribution is 0.317. The molecule has 1 aromatic rings. The van der Waals surface area contributed by atoms with E-state index in [-0.39, 0.29) is 9.50 Å². The van der Waals surface area contributed by atoms with Gasteiger partial charge in [0.25, 0.3) is 0 Å². The second kappa shape index (κ2) is 3.76. The molecule has 0 spiro atoms. The Morgan fingerprint density at radius 1 is 1.92 bits per heavy atom. The van der Waals surface area contributed by atoms with E-state index in [0.717, 1.165) is 0 Å². The summed E-state index contributed by atoms with van der Waals surface area (Å²) in [6.07, 6.45) is -7.94. The van der Waals surface area contributed by atoms with Crippen molar-refractivity contribution in [3.63, 3.8) is 0 Å². The van der Waals surface area contributed by atoms with Crippen molar-refractivity contribution in [2.45, 2.75) is 18.8 Å². The van der Waals surface area contributed by atoms with Gasteiger partial charge in [0, 0.05) is 24.5 Å². The summed E-state index contributed by atoms with van der Waals surface area (Å²) in [7, 11) is 0. The van der Waals surface area contributed by atoms with Crippen LogP contribution in [0.5, 0.6) is 0 Å². The fourth-order valence-corrected chi connectivity index (χ4v) is 1.00. The van der Waals surface area contributed by atoms with Crippen molar-refractivity contribution >= 4 is 15.9 Å². The Labute approximate surface area is 105 Å². The Kier molecular flexibility index (Phi) is 0.692. The molecule has 2 rings (SSSR count). The maximum absolute atomic E-state index is 8.53. The van der Waals surface area contributed by atoms with E-state index in [9.17, 15) is 0 Å². The van der Waals surface area contributed by atoms with Gasteiger partial charge in [0.1, 0.15) is 4.60 Å². The summed E-state index contributed by atoms with van der Waals surface area (Å²) in [5.74, 6) is 0. The lowest BCUT2D eigenvalue weighted by atomic mass is 10.1. The standard InChI is InChI=1S/C10H13BrN2/c1-13-6-2-3-9(13)8-4-5-10(11)12-7-8/h4-5,7,9H,2-3,6H2,1H3/i1D3,2D2,3D2,4D,5D,6D2,7D,9D. The van der Waals surface area contributed by atoms with Crippen LogP contribution >= 0.6 is 15.9 Å². The quantitative estimate of drug-likeness (QED) is 0.716. The third-order valence-corrected chi connectivity index (χ3v) is 1.74. The Morgan fingerprint density at radius 3 is 3.69 bits per heavy atom. The van der Waals surface area contributed by atoms with Gasteiger partial charge in [-0.15, -0.1) is 0 Å². The van der Waals surface area contributed by atoms with E-state index >= 15 is 0 Å². The fourth-order valence-electron chi connectivity index (χ4n) is 0.816. The van der Waals surface area contributed by atoms with Crippen LogP contribution in [0.1, 0.15) is 42.1 Å². The van der Waals surface area contributed by atoms with Gasteiger partial charge in [-0.3, -0.25) is 4.90 Å². The van der Waals surface area contributed by atoms with Gasteiger partial charge in [-0.05, 0) is 53.8 Å². The molecule has 2 nitrogen and oxygen atoms in total. The van der Waals surface area contributed by atoms with Gasteiger partial charge in [-0.25, -0.2) is 4.98 Å². The summed E-state index contributed by atoms with van der Waals surface area (Å²) in [6, 6.07) is -4.95. The second-order valence-electron chi connectivity index (χ2n) is 2.19. The highest BCUT2D eigenvalue weighted by Crippen LogP contribution is 2.29. The van der Waals surface area contributed by atoms with E-state index in [2.05, 4.69) is 20.9 Å². The molecular weight excluding hydrogens is 228 g/mol. The minimum absolute atomic E-state index is 0.273. The number of pyridine rings is 1. The third kappa shape index (κ3) is 1.92. The van der Waals surface area contributed by atoms with Gasteiger partial charge < -0.3 is 0 Å². The Hall–Kier alpha value is -0.410. The molecule has 0 bridgehead atoms. The van der Waals surface area contributed by atoms with E-state index < -0.39 is 56.1 Å². The second-order valence-corrected chi connectivity index (χ2v) is 2.94. The molecule has 1 aromatic heterocycles. The molecule has 13 heavy (non-hydrogen) atoms. The number of rotatable bonds is 1. The SMILES string of the molecule is [2H]c1nc(Br)c([2H])c([2H])c1C1([2H])N(C([2H])([2H])[2H])C([2H])([2H])C([2H])([2H])C1([2H])[2H]. The van der Waals surface area contributed by atoms with Crippen LogP contribution in [0, 0.1) is 0 Å². The Bertz CT molecular complexity index is 760. The first-order valence-electron chi connectivity index (χ1n) is 9.81. The lowest BCUT2D eigenvalue weighted by Crippen LogP contribution is -2.17. The van der Waals surface area contributed by atoms with E-state index in [0.29, 0.717) is 0 Å². The summed E-state index contributed by atoms with van der Waals surface area (Å²) in [5, 5.41) is 0. The molecule has 0 radical (unpaired) electrons. The highest BCUT2D eigenvalue weighted by atomic mass is 79.9. The lowest BCUT2D eigenvalue weighted by Gasteiger charge is -2.19. The summed E-state index contributed by atoms with van der Waals surface area (Å²) in [4.78, 5) is 3.24. The van der Waals surface area contributed by atoms with Crippen molar-refractivity contribution in [1.29, 1.82) is 0 Å². The van der Waals surface area contributed by atoms with Crippen LogP contribution in [-0.4, -0.2) is 23.4 Å². The first-order valence-corrected chi connectivity index (χ1v) is 4.10. The fraction of sp³-hybridized carbons (Fsp3) is 0.500. The largest absolute Gasteiger partial charge is 0.299 e. The Balaban J connectivity index is 3.03. The molecule has 1 fully saturated rings. The molecule has 1 unspecified atom stereocenters. The zero-order chi connectivity index (χ0) is 20.7. The molecule has 2 heterocycles. The molecule has 1 aliphatic rings. The van der Waals surface area contributed by atoms with E-state index in [1.165, 1.54) is 0 Å². The summed E-state index contributed by atoms with van der Waals surface area (Å²) in [6.45, 7) is -6.98. The molecule has 70 valence electrons. The number of halogens is 1. The van der Waals surface area contributed by atoms with Gasteiger partial charge >= 0.3 is 0 Å². The van der Waals surface area contributed by atoms with Gasteiger partial charge in [0.2, 0.25) is 0 Å². The van der Waals surface area contributed by atoms with Crippen molar-refractivity contribution in [2.75, 3.05) is 13.5 Å². The molecular formula is C10H13BrN2. The topological polar surface area (TPSA) is 16.1 Å². The normalized spacial score (nSPS) is 56.5. The van der Waals surface area contributed by atoms with Crippen molar-refractivity contribution in [3.05, 3.63) is 28.4 Å². The van der Waals surface area contributed by atoms with Gasteiger partial charge in [0.05, 0.1) is 5.48 Å². The molecule has 0 aliphatic carbocycles. The zero-order valence-electron chi connectivity index (χ0n) is 19.3. The molecule has 0 aromatic carbocycles. The number of hydrogen-bond acceptors (Lipinski definition) is 2. The molecule has 1 aliphatic heterocycles. The number of nitrogens with zero attached hydrogens (tertiary/aromatic N) is 2. The average Bonchev–Trinajstić information content (AvgIpc) is 2.49. The molecule has 3 heteroatoms. The first kappa shape index (κ1) is 2.39. The van der Waals surface area contributed by atoms with E-state index in [1.807, 2.05) is 0 Å². The molecule has 1 saturated heterocycles. The molecule has 0 N–H and O–H groups in total. The highest BCUT2D eigenvalue weighted by molar-refractivity contribution is 9.10. The van der Waals surface area contributed by atoms with Crippen molar-refractivity contribution in [2.24, 2.45) is 0 Å². The smallest absolute Gasteiger partial charge is 0.106 e. The zero-order valence-corrected chi connectivity index (χ0v) is 7.86. The van der Waals surface area contributed by atoms with Crippen LogP contribution in [0.4, 0.5) is 0 Å². The van der Waals surface area contributed by atoms with Gasteiger partial charge in [0.15, 0.2) is 0 Å². The molecule has 1 atom stereocenters.